The molecular weight excluding hydrogens is 260 g/mol. The van der Waals surface area contributed by atoms with E-state index < -0.39 is 0 Å². The van der Waals surface area contributed by atoms with Crippen LogP contribution in [-0.2, 0) is 11.2 Å². The number of hydrogen-bond acceptors (Lipinski definition) is 2. The van der Waals surface area contributed by atoms with Crippen LogP contribution in [0.15, 0.2) is 48.5 Å². The Kier molecular flexibility index (Phi) is 5.38. The molecule has 3 heteroatoms. The number of benzene rings is 2. The number of anilines is 2. The topological polar surface area (TPSA) is 41.1 Å². The quantitative estimate of drug-likeness (QED) is 0.841. The first-order valence-corrected chi connectivity index (χ1v) is 7.36. The fourth-order valence-corrected chi connectivity index (χ4v) is 2.04. The molecule has 0 saturated carbocycles. The number of amides is 1. The van der Waals surface area contributed by atoms with Crippen LogP contribution in [-0.4, -0.2) is 12.5 Å². The second kappa shape index (κ2) is 7.48. The minimum atomic E-state index is 0.0246. The summed E-state index contributed by atoms with van der Waals surface area (Å²) in [5.74, 6) is 0.0246. The number of carbonyl (C=O) groups is 1. The zero-order chi connectivity index (χ0) is 15.1. The van der Waals surface area contributed by atoms with E-state index >= 15 is 0 Å². The van der Waals surface area contributed by atoms with Crippen LogP contribution in [0.3, 0.4) is 0 Å². The third-order valence-corrected chi connectivity index (χ3v) is 3.38. The summed E-state index contributed by atoms with van der Waals surface area (Å²) in [5.41, 5.74) is 4.40. The van der Waals surface area contributed by atoms with E-state index in [-0.39, 0.29) is 5.91 Å². The van der Waals surface area contributed by atoms with Crippen molar-refractivity contribution in [1.29, 1.82) is 0 Å². The normalized spacial score (nSPS) is 10.2. The Bertz CT molecular complexity index is 573. The average Bonchev–Trinajstić information content (AvgIpc) is 2.50. The Morgan fingerprint density at radius 1 is 0.952 bits per heavy atom. The van der Waals surface area contributed by atoms with Crippen LogP contribution in [0, 0.1) is 6.92 Å². The minimum absolute atomic E-state index is 0.0246. The lowest BCUT2D eigenvalue weighted by Crippen LogP contribution is -2.16. The van der Waals surface area contributed by atoms with Crippen LogP contribution >= 0.6 is 0 Å². The summed E-state index contributed by atoms with van der Waals surface area (Å²) in [6.45, 7) is 4.79. The van der Waals surface area contributed by atoms with Gasteiger partial charge in [-0.1, -0.05) is 36.8 Å². The summed E-state index contributed by atoms with van der Waals surface area (Å²) in [4.78, 5) is 11.8. The largest absolute Gasteiger partial charge is 0.385 e. The Balaban J connectivity index is 1.74. The van der Waals surface area contributed by atoms with Crippen LogP contribution < -0.4 is 10.6 Å². The van der Waals surface area contributed by atoms with Crippen molar-refractivity contribution >= 4 is 17.3 Å². The maximum atomic E-state index is 11.8. The van der Waals surface area contributed by atoms with Crippen molar-refractivity contribution in [3.8, 4) is 0 Å². The van der Waals surface area contributed by atoms with Crippen LogP contribution in [0.2, 0.25) is 0 Å². The molecule has 0 aliphatic carbocycles. The Morgan fingerprint density at radius 2 is 1.57 bits per heavy atom. The number of carbonyl (C=O) groups excluding carboxylic acids is 1. The lowest BCUT2D eigenvalue weighted by molar-refractivity contribution is -0.115. The third kappa shape index (κ3) is 4.95. The molecule has 0 atom stereocenters. The molecule has 0 aliphatic rings. The molecule has 0 bridgehead atoms. The van der Waals surface area contributed by atoms with Crippen LogP contribution in [0.5, 0.6) is 0 Å². The highest BCUT2D eigenvalue weighted by Gasteiger charge is 2.02. The van der Waals surface area contributed by atoms with Crippen molar-refractivity contribution in [2.75, 3.05) is 17.2 Å². The van der Waals surface area contributed by atoms with Crippen LogP contribution in [0.25, 0.3) is 0 Å². The predicted octanol–water partition coefficient (Wildman–Crippen LogP) is 4.00. The molecule has 0 aliphatic heterocycles. The third-order valence-electron chi connectivity index (χ3n) is 3.38. The lowest BCUT2D eigenvalue weighted by atomic mass is 10.1. The van der Waals surface area contributed by atoms with Crippen molar-refractivity contribution in [2.45, 2.75) is 26.7 Å². The molecule has 0 radical (unpaired) electrons. The van der Waals surface area contributed by atoms with E-state index in [0.29, 0.717) is 13.0 Å². The first-order chi connectivity index (χ1) is 10.2. The number of aryl methyl sites for hydroxylation is 2. The van der Waals surface area contributed by atoms with Gasteiger partial charge < -0.3 is 10.6 Å². The summed E-state index contributed by atoms with van der Waals surface area (Å²) < 4.78 is 0. The van der Waals surface area contributed by atoms with Crippen molar-refractivity contribution in [2.24, 2.45) is 0 Å². The molecule has 1 amide bonds. The van der Waals surface area contributed by atoms with Crippen molar-refractivity contribution in [1.82, 2.24) is 0 Å². The van der Waals surface area contributed by atoms with Crippen molar-refractivity contribution < 1.29 is 4.79 Å². The van der Waals surface area contributed by atoms with E-state index in [2.05, 4.69) is 41.8 Å². The fourth-order valence-electron chi connectivity index (χ4n) is 2.04. The summed E-state index contributed by atoms with van der Waals surface area (Å²) in [5, 5.41) is 6.16. The highest BCUT2D eigenvalue weighted by atomic mass is 16.1. The molecule has 0 spiro atoms. The first-order valence-electron chi connectivity index (χ1n) is 7.36. The molecule has 3 nitrogen and oxygen atoms in total. The highest BCUT2D eigenvalue weighted by Crippen LogP contribution is 2.11. The molecule has 21 heavy (non-hydrogen) atoms. The molecule has 110 valence electrons. The van der Waals surface area contributed by atoms with E-state index in [0.717, 1.165) is 17.8 Å². The Morgan fingerprint density at radius 3 is 2.19 bits per heavy atom. The van der Waals surface area contributed by atoms with Gasteiger partial charge in [-0.3, -0.25) is 4.79 Å². The van der Waals surface area contributed by atoms with Crippen LogP contribution in [0.4, 0.5) is 11.4 Å². The van der Waals surface area contributed by atoms with Gasteiger partial charge in [0, 0.05) is 24.3 Å². The van der Waals surface area contributed by atoms with Gasteiger partial charge in [0.1, 0.15) is 0 Å². The molecule has 0 saturated heterocycles. The van der Waals surface area contributed by atoms with Gasteiger partial charge in [-0.15, -0.1) is 0 Å². The SMILES string of the molecule is CCc1ccc(NCCC(=O)Nc2ccc(C)cc2)cc1. The second-order valence-corrected chi connectivity index (χ2v) is 5.14. The van der Waals surface area contributed by atoms with Gasteiger partial charge in [-0.2, -0.15) is 0 Å². The van der Waals surface area contributed by atoms with E-state index in [9.17, 15) is 4.79 Å². The maximum Gasteiger partial charge on any atom is 0.226 e. The van der Waals surface area contributed by atoms with Crippen molar-refractivity contribution in [3.63, 3.8) is 0 Å². The molecular formula is C18H22N2O. The van der Waals surface area contributed by atoms with Gasteiger partial charge >= 0.3 is 0 Å². The Hall–Kier alpha value is -2.29. The number of nitrogens with one attached hydrogen (secondary N) is 2. The van der Waals surface area contributed by atoms with Gasteiger partial charge in [-0.25, -0.2) is 0 Å². The minimum Gasteiger partial charge on any atom is -0.385 e. The first kappa shape index (κ1) is 15.1. The molecule has 0 heterocycles. The fraction of sp³-hybridized carbons (Fsp3) is 0.278. The van der Waals surface area contributed by atoms with Gasteiger partial charge in [-0.05, 0) is 43.2 Å². The van der Waals surface area contributed by atoms with E-state index in [1.807, 2.05) is 31.2 Å². The smallest absolute Gasteiger partial charge is 0.226 e. The van der Waals surface area contributed by atoms with E-state index in [1.165, 1.54) is 11.1 Å². The van der Waals surface area contributed by atoms with Gasteiger partial charge in [0.05, 0.1) is 0 Å². The molecule has 0 aromatic heterocycles. The van der Waals surface area contributed by atoms with E-state index in [1.54, 1.807) is 0 Å². The zero-order valence-electron chi connectivity index (χ0n) is 12.6. The maximum absolute atomic E-state index is 11.8. The van der Waals surface area contributed by atoms with Gasteiger partial charge in [0.2, 0.25) is 5.91 Å². The molecule has 2 aromatic rings. The van der Waals surface area contributed by atoms with Crippen molar-refractivity contribution in [3.05, 3.63) is 59.7 Å². The molecule has 0 fully saturated rings. The highest BCUT2D eigenvalue weighted by molar-refractivity contribution is 5.90. The lowest BCUT2D eigenvalue weighted by Gasteiger charge is -2.08. The molecule has 2 aromatic carbocycles. The summed E-state index contributed by atoms with van der Waals surface area (Å²) in [7, 11) is 0. The standard InChI is InChI=1S/C18H22N2O/c1-3-15-6-10-16(11-7-15)19-13-12-18(21)20-17-8-4-14(2)5-9-17/h4-11,19H,3,12-13H2,1-2H3,(H,20,21). The second-order valence-electron chi connectivity index (χ2n) is 5.14. The van der Waals surface area contributed by atoms with E-state index in [4.69, 9.17) is 0 Å². The number of hydrogen-bond donors (Lipinski definition) is 2. The summed E-state index contributed by atoms with van der Waals surface area (Å²) in [6, 6.07) is 16.1. The molecule has 2 rings (SSSR count). The molecule has 2 N–H and O–H groups in total. The Labute approximate surface area is 126 Å². The number of rotatable bonds is 6. The zero-order valence-corrected chi connectivity index (χ0v) is 12.6. The monoisotopic (exact) mass is 282 g/mol. The molecule has 0 unspecified atom stereocenters. The summed E-state index contributed by atoms with van der Waals surface area (Å²) >= 11 is 0. The van der Waals surface area contributed by atoms with Crippen LogP contribution in [0.1, 0.15) is 24.5 Å². The van der Waals surface area contributed by atoms with Gasteiger partial charge in [0.25, 0.3) is 0 Å². The summed E-state index contributed by atoms with van der Waals surface area (Å²) in [6.07, 6.45) is 1.49. The predicted molar refractivity (Wildman–Crippen MR) is 88.7 cm³/mol. The van der Waals surface area contributed by atoms with Gasteiger partial charge in [0.15, 0.2) is 0 Å². The average molecular weight is 282 g/mol.